The number of hydrogen-bond donors (Lipinski definition) is 2. The summed E-state index contributed by atoms with van der Waals surface area (Å²) in [4.78, 5) is 5.09. The Morgan fingerprint density at radius 1 is 1.03 bits per heavy atom. The second kappa shape index (κ2) is 12.0. The second-order valence-corrected chi connectivity index (χ2v) is 11.5. The zero-order chi connectivity index (χ0) is 23.0. The van der Waals surface area contributed by atoms with Crippen LogP contribution in [0.15, 0.2) is 28.7 Å². The molecule has 0 fully saturated rings. The van der Waals surface area contributed by atoms with Gasteiger partial charge in [-0.15, -0.1) is 22.7 Å². The highest BCUT2D eigenvalue weighted by molar-refractivity contribution is 7.79. The summed E-state index contributed by atoms with van der Waals surface area (Å²) in [6.07, 6.45) is 13.6. The molecule has 0 aliphatic carbocycles. The van der Waals surface area contributed by atoms with Crippen LogP contribution in [0.5, 0.6) is 0 Å². The molecule has 5 heteroatoms. The Morgan fingerprint density at radius 3 is 2.29 bits per heavy atom. The maximum atomic E-state index is 7.98. The van der Waals surface area contributed by atoms with Gasteiger partial charge in [0.1, 0.15) is 0 Å². The van der Waals surface area contributed by atoms with E-state index >= 15 is 0 Å². The van der Waals surface area contributed by atoms with Gasteiger partial charge in [-0.2, -0.15) is 0 Å². The molecule has 31 heavy (non-hydrogen) atoms. The van der Waals surface area contributed by atoms with Gasteiger partial charge in [0.2, 0.25) is 0 Å². The van der Waals surface area contributed by atoms with E-state index in [1.54, 1.807) is 17.6 Å². The standard InChI is InChI=1S/C26H36N2S3/c1-7-8-9-10-11-20-15-24(30-19(20)3)21(16-27)12-13-22(17-28-29)23-14-18(2)25(31-23)26(4,5)6/h12-17,27,29H,7-11H2,1-6H3/b21-12+,22-13+,27-16?,28-17+. The van der Waals surface area contributed by atoms with E-state index < -0.39 is 0 Å². The molecule has 0 unspecified atom stereocenters. The Balaban J connectivity index is 2.32. The summed E-state index contributed by atoms with van der Waals surface area (Å²) < 4.78 is 3.98. The number of nitrogens with zero attached hydrogens (tertiary/aromatic N) is 1. The third-order valence-electron chi connectivity index (χ3n) is 5.28. The third-order valence-corrected chi connectivity index (χ3v) is 8.25. The summed E-state index contributed by atoms with van der Waals surface area (Å²) in [5.41, 5.74) is 4.81. The van der Waals surface area contributed by atoms with Crippen LogP contribution < -0.4 is 0 Å². The molecule has 2 aromatic heterocycles. The molecule has 2 aromatic rings. The van der Waals surface area contributed by atoms with Gasteiger partial charge in [0.25, 0.3) is 0 Å². The lowest BCUT2D eigenvalue weighted by atomic mass is 9.92. The van der Waals surface area contributed by atoms with Gasteiger partial charge in [-0.3, -0.25) is 0 Å². The van der Waals surface area contributed by atoms with Gasteiger partial charge >= 0.3 is 0 Å². The molecule has 0 saturated heterocycles. The van der Waals surface area contributed by atoms with Crippen LogP contribution in [0.3, 0.4) is 0 Å². The van der Waals surface area contributed by atoms with Crippen molar-refractivity contribution in [3.8, 4) is 0 Å². The van der Waals surface area contributed by atoms with Gasteiger partial charge in [-0.1, -0.05) is 59.1 Å². The first-order valence-electron chi connectivity index (χ1n) is 11.0. The maximum Gasteiger partial charge on any atom is 0.0435 e. The van der Waals surface area contributed by atoms with Crippen molar-refractivity contribution in [1.82, 2.24) is 0 Å². The molecule has 0 amide bonds. The highest BCUT2D eigenvalue weighted by Gasteiger charge is 2.20. The largest absolute Gasteiger partial charge is 0.308 e. The molecule has 0 bridgehead atoms. The molecular weight excluding hydrogens is 437 g/mol. The lowest BCUT2D eigenvalue weighted by molar-refractivity contribution is 0.600. The fraction of sp³-hybridized carbons (Fsp3) is 0.462. The van der Waals surface area contributed by atoms with Gasteiger partial charge < -0.3 is 5.41 Å². The number of hydrogen-bond acceptors (Lipinski definition) is 5. The summed E-state index contributed by atoms with van der Waals surface area (Å²) in [5, 5.41) is 7.98. The van der Waals surface area contributed by atoms with Gasteiger partial charge in [0, 0.05) is 43.1 Å². The van der Waals surface area contributed by atoms with Crippen molar-refractivity contribution in [2.24, 2.45) is 4.40 Å². The van der Waals surface area contributed by atoms with E-state index in [-0.39, 0.29) is 5.41 Å². The van der Waals surface area contributed by atoms with E-state index in [2.05, 4.69) is 77.0 Å². The van der Waals surface area contributed by atoms with Crippen LogP contribution in [0.2, 0.25) is 0 Å². The summed E-state index contributed by atoms with van der Waals surface area (Å²) in [5.74, 6) is 0. The Hall–Kier alpha value is -1.43. The highest BCUT2D eigenvalue weighted by atomic mass is 32.1. The average Bonchev–Trinajstić information content (AvgIpc) is 3.27. The number of rotatable bonds is 10. The minimum atomic E-state index is 0.119. The summed E-state index contributed by atoms with van der Waals surface area (Å²) in [6.45, 7) is 13.4. The van der Waals surface area contributed by atoms with E-state index in [0.29, 0.717) is 0 Å². The topological polar surface area (TPSA) is 36.2 Å². The van der Waals surface area contributed by atoms with Crippen molar-refractivity contribution < 1.29 is 0 Å². The fourth-order valence-electron chi connectivity index (χ4n) is 3.65. The zero-order valence-corrected chi connectivity index (χ0v) is 22.2. The minimum absolute atomic E-state index is 0.119. The van der Waals surface area contributed by atoms with E-state index in [1.807, 2.05) is 17.4 Å². The van der Waals surface area contributed by atoms with E-state index in [4.69, 9.17) is 5.41 Å². The molecule has 0 atom stereocenters. The third kappa shape index (κ3) is 7.30. The monoisotopic (exact) mass is 472 g/mol. The van der Waals surface area contributed by atoms with E-state index in [0.717, 1.165) is 22.4 Å². The molecule has 0 aliphatic heterocycles. The van der Waals surface area contributed by atoms with Crippen LogP contribution in [0, 0.1) is 19.3 Å². The second-order valence-electron chi connectivity index (χ2n) is 9.01. The highest BCUT2D eigenvalue weighted by Crippen LogP contribution is 2.36. The van der Waals surface area contributed by atoms with Crippen LogP contribution in [-0.2, 0) is 11.8 Å². The van der Waals surface area contributed by atoms with E-state index in [9.17, 15) is 0 Å². The van der Waals surface area contributed by atoms with Crippen molar-refractivity contribution in [2.45, 2.75) is 79.1 Å². The van der Waals surface area contributed by atoms with Crippen LogP contribution in [0.4, 0.5) is 0 Å². The predicted molar refractivity (Wildman–Crippen MR) is 147 cm³/mol. The van der Waals surface area contributed by atoms with Gasteiger partial charge in [0.15, 0.2) is 0 Å². The first-order chi connectivity index (χ1) is 14.7. The molecule has 2 nitrogen and oxygen atoms in total. The van der Waals surface area contributed by atoms with Gasteiger partial charge in [0.05, 0.1) is 0 Å². The van der Waals surface area contributed by atoms with Crippen molar-refractivity contribution in [3.63, 3.8) is 0 Å². The number of thiophene rings is 2. The molecule has 1 N–H and O–H groups in total. The maximum absolute atomic E-state index is 7.98. The lowest BCUT2D eigenvalue weighted by Gasteiger charge is -2.17. The fourth-order valence-corrected chi connectivity index (χ4v) is 6.07. The summed E-state index contributed by atoms with van der Waals surface area (Å²) in [6, 6.07) is 4.50. The average molecular weight is 473 g/mol. The van der Waals surface area contributed by atoms with Crippen LogP contribution in [-0.4, -0.2) is 12.4 Å². The zero-order valence-electron chi connectivity index (χ0n) is 19.7. The molecule has 168 valence electrons. The molecule has 0 spiro atoms. The Kier molecular flexibility index (Phi) is 9.98. The summed E-state index contributed by atoms with van der Waals surface area (Å²) >= 11 is 7.67. The van der Waals surface area contributed by atoms with Gasteiger partial charge in [-0.05, 0) is 68.2 Å². The van der Waals surface area contributed by atoms with Gasteiger partial charge in [-0.25, -0.2) is 4.40 Å². The Morgan fingerprint density at radius 2 is 1.71 bits per heavy atom. The normalized spacial score (nSPS) is 13.4. The SMILES string of the molecule is CCCCCCc1cc(/C(C=N)=C/C=C(\C=N\S)c2cc(C)c(C(C)(C)C)s2)sc1C. The number of nitrogens with one attached hydrogen (secondary N) is 1. The van der Waals surface area contributed by atoms with Crippen LogP contribution in [0.1, 0.15) is 84.0 Å². The smallest absolute Gasteiger partial charge is 0.0435 e. The molecule has 0 aliphatic rings. The van der Waals surface area contributed by atoms with Crippen molar-refractivity contribution >= 4 is 59.1 Å². The minimum Gasteiger partial charge on any atom is -0.308 e. The molecule has 0 aromatic carbocycles. The van der Waals surface area contributed by atoms with E-state index in [1.165, 1.54) is 57.7 Å². The molecule has 2 rings (SSSR count). The van der Waals surface area contributed by atoms with Crippen LogP contribution >= 0.6 is 35.5 Å². The molecule has 0 radical (unpaired) electrons. The number of thiol groups is 1. The summed E-state index contributed by atoms with van der Waals surface area (Å²) in [7, 11) is 0. The van der Waals surface area contributed by atoms with Crippen LogP contribution in [0.25, 0.3) is 11.1 Å². The van der Waals surface area contributed by atoms with Crippen molar-refractivity contribution in [1.29, 1.82) is 5.41 Å². The number of unbranched alkanes of at least 4 members (excludes halogenated alkanes) is 3. The first kappa shape index (κ1) is 25.8. The van der Waals surface area contributed by atoms with Crippen molar-refractivity contribution in [2.75, 3.05) is 0 Å². The lowest BCUT2D eigenvalue weighted by Crippen LogP contribution is -2.09. The molecular formula is C26H36N2S3. The van der Waals surface area contributed by atoms with Crippen molar-refractivity contribution in [3.05, 3.63) is 54.9 Å². The molecule has 2 heterocycles. The first-order valence-corrected chi connectivity index (χ1v) is 13.0. The Labute approximate surface area is 202 Å². The number of allylic oxidation sites excluding steroid dienone is 4. The quantitative estimate of drug-likeness (QED) is 0.150. The molecule has 0 saturated carbocycles. The number of aryl methyl sites for hydroxylation is 3. The Bertz CT molecular complexity index is 965. The predicted octanol–water partition coefficient (Wildman–Crippen LogP) is 8.88.